The van der Waals surface area contributed by atoms with Crippen molar-refractivity contribution in [2.45, 2.75) is 0 Å². The van der Waals surface area contributed by atoms with E-state index in [2.05, 4.69) is 0 Å². The molecule has 3 nitrogen and oxygen atoms in total. The molecule has 54 valence electrons. The maximum Gasteiger partial charge on any atom is 0.115 e. The smallest absolute Gasteiger partial charge is 0.115 e. The molecule has 0 radical (unpaired) electrons. The van der Waals surface area contributed by atoms with Gasteiger partial charge in [-0.1, -0.05) is 0 Å². The molecule has 0 aliphatic carbocycles. The van der Waals surface area contributed by atoms with Crippen molar-refractivity contribution in [2.24, 2.45) is 0 Å². The lowest BCUT2D eigenvalue weighted by Crippen LogP contribution is -2.08. The number of rotatable bonds is 1. The van der Waals surface area contributed by atoms with Crippen LogP contribution in [0.15, 0.2) is 24.3 Å². The first kappa shape index (κ1) is 6.89. The van der Waals surface area contributed by atoms with E-state index < -0.39 is 0 Å². The van der Waals surface area contributed by atoms with E-state index in [4.69, 9.17) is 10.3 Å². The predicted molar refractivity (Wildman–Crippen MR) is 38.3 cm³/mol. The molecule has 0 amide bonds. The fourth-order valence-corrected chi connectivity index (χ4v) is 0.668. The number of phenols is 1. The molecule has 0 aliphatic heterocycles. The molecular weight excluding hydrogens is 130 g/mol. The van der Waals surface area contributed by atoms with Gasteiger partial charge in [0.2, 0.25) is 0 Å². The molecule has 0 aliphatic rings. The molecule has 1 rings (SSSR count). The number of hydroxylamine groups is 1. The zero-order valence-electron chi connectivity index (χ0n) is 5.65. The SMILES string of the molecule is CN(O)c1ccc(O)cc1. The van der Waals surface area contributed by atoms with Gasteiger partial charge in [0.15, 0.2) is 0 Å². The van der Waals surface area contributed by atoms with E-state index in [-0.39, 0.29) is 5.75 Å². The fourth-order valence-electron chi connectivity index (χ4n) is 0.668. The second kappa shape index (κ2) is 2.58. The molecule has 0 bridgehead atoms. The van der Waals surface area contributed by atoms with E-state index in [1.54, 1.807) is 12.1 Å². The van der Waals surface area contributed by atoms with Crippen molar-refractivity contribution >= 4 is 5.69 Å². The number of hydrogen-bond donors (Lipinski definition) is 2. The number of hydrogen-bond acceptors (Lipinski definition) is 3. The molecule has 1 aromatic rings. The van der Waals surface area contributed by atoms with Gasteiger partial charge in [-0.05, 0) is 24.3 Å². The molecule has 0 saturated heterocycles. The molecule has 0 heterocycles. The molecule has 0 atom stereocenters. The van der Waals surface area contributed by atoms with E-state index in [0.29, 0.717) is 5.69 Å². The van der Waals surface area contributed by atoms with Crippen LogP contribution in [-0.2, 0) is 0 Å². The molecule has 3 heteroatoms. The Balaban J connectivity index is 2.89. The van der Waals surface area contributed by atoms with Crippen molar-refractivity contribution in [3.63, 3.8) is 0 Å². The molecule has 0 spiro atoms. The van der Waals surface area contributed by atoms with Crippen LogP contribution < -0.4 is 5.06 Å². The summed E-state index contributed by atoms with van der Waals surface area (Å²) in [5.74, 6) is 0.200. The van der Waals surface area contributed by atoms with Gasteiger partial charge >= 0.3 is 0 Å². The van der Waals surface area contributed by atoms with Gasteiger partial charge in [-0.2, -0.15) is 0 Å². The summed E-state index contributed by atoms with van der Waals surface area (Å²) in [7, 11) is 1.52. The minimum Gasteiger partial charge on any atom is -0.508 e. The first-order chi connectivity index (χ1) is 4.70. The Bertz CT molecular complexity index is 205. The van der Waals surface area contributed by atoms with Crippen LogP contribution in [0.4, 0.5) is 5.69 Å². The van der Waals surface area contributed by atoms with Gasteiger partial charge in [0, 0.05) is 7.05 Å². The van der Waals surface area contributed by atoms with Crippen LogP contribution in [0.5, 0.6) is 5.75 Å². The largest absolute Gasteiger partial charge is 0.508 e. The maximum absolute atomic E-state index is 8.87. The van der Waals surface area contributed by atoms with E-state index in [1.165, 1.54) is 19.2 Å². The highest BCUT2D eigenvalue weighted by atomic mass is 16.5. The summed E-state index contributed by atoms with van der Waals surface area (Å²) < 4.78 is 0. The quantitative estimate of drug-likeness (QED) is 0.575. The number of nitrogens with zero attached hydrogens (tertiary/aromatic N) is 1. The third-order valence-corrected chi connectivity index (χ3v) is 1.22. The number of aromatic hydroxyl groups is 1. The summed E-state index contributed by atoms with van der Waals surface area (Å²) in [6.07, 6.45) is 0. The highest BCUT2D eigenvalue weighted by Crippen LogP contribution is 2.15. The zero-order chi connectivity index (χ0) is 7.56. The van der Waals surface area contributed by atoms with Crippen molar-refractivity contribution in [2.75, 3.05) is 12.1 Å². The molecule has 1 aromatic carbocycles. The van der Waals surface area contributed by atoms with Gasteiger partial charge in [-0.25, -0.2) is 0 Å². The van der Waals surface area contributed by atoms with Crippen LogP contribution in [0.2, 0.25) is 0 Å². The summed E-state index contributed by atoms with van der Waals surface area (Å²) in [6.45, 7) is 0. The molecule has 10 heavy (non-hydrogen) atoms. The minimum absolute atomic E-state index is 0.200. The second-order valence-electron chi connectivity index (χ2n) is 2.04. The maximum atomic E-state index is 8.87. The van der Waals surface area contributed by atoms with Gasteiger partial charge < -0.3 is 5.11 Å². The van der Waals surface area contributed by atoms with Gasteiger partial charge in [-0.3, -0.25) is 10.3 Å². The van der Waals surface area contributed by atoms with Crippen LogP contribution in [0.1, 0.15) is 0 Å². The standard InChI is InChI=1S/C7H9NO2/c1-8(10)6-2-4-7(9)5-3-6/h2-5,9-10H,1H3. The second-order valence-corrected chi connectivity index (χ2v) is 2.04. The lowest BCUT2D eigenvalue weighted by molar-refractivity contribution is 0.279. The van der Waals surface area contributed by atoms with E-state index in [0.717, 1.165) is 5.06 Å². The van der Waals surface area contributed by atoms with Crippen molar-refractivity contribution in [1.82, 2.24) is 0 Å². The Labute approximate surface area is 59.1 Å². The van der Waals surface area contributed by atoms with E-state index >= 15 is 0 Å². The molecule has 0 aromatic heterocycles. The van der Waals surface area contributed by atoms with Crippen LogP contribution in [0.25, 0.3) is 0 Å². The summed E-state index contributed by atoms with van der Waals surface area (Å²) in [5, 5.41) is 18.7. The van der Waals surface area contributed by atoms with Crippen LogP contribution in [0, 0.1) is 0 Å². The van der Waals surface area contributed by atoms with Crippen molar-refractivity contribution in [3.8, 4) is 5.75 Å². The van der Waals surface area contributed by atoms with Crippen LogP contribution in [0.3, 0.4) is 0 Å². The van der Waals surface area contributed by atoms with Crippen molar-refractivity contribution < 1.29 is 10.3 Å². The normalized spacial score (nSPS) is 9.40. The summed E-state index contributed by atoms with van der Waals surface area (Å²) in [5.41, 5.74) is 0.651. The zero-order valence-corrected chi connectivity index (χ0v) is 5.65. The summed E-state index contributed by atoms with van der Waals surface area (Å²) in [4.78, 5) is 0. The molecule has 0 fully saturated rings. The van der Waals surface area contributed by atoms with Gasteiger partial charge in [0.1, 0.15) is 5.75 Å². The lowest BCUT2D eigenvalue weighted by atomic mass is 10.3. The first-order valence-corrected chi connectivity index (χ1v) is 2.92. The fraction of sp³-hybridized carbons (Fsp3) is 0.143. The summed E-state index contributed by atoms with van der Waals surface area (Å²) >= 11 is 0. The minimum atomic E-state index is 0.200. The number of anilines is 1. The monoisotopic (exact) mass is 139 g/mol. The van der Waals surface area contributed by atoms with Crippen molar-refractivity contribution in [1.29, 1.82) is 0 Å². The number of phenolic OH excluding ortho intramolecular Hbond substituents is 1. The van der Waals surface area contributed by atoms with E-state index in [9.17, 15) is 0 Å². The molecule has 0 saturated carbocycles. The average molecular weight is 139 g/mol. The highest BCUT2D eigenvalue weighted by Gasteiger charge is 1.93. The van der Waals surface area contributed by atoms with E-state index in [1.807, 2.05) is 0 Å². The topological polar surface area (TPSA) is 43.7 Å². The highest BCUT2D eigenvalue weighted by molar-refractivity contribution is 5.45. The van der Waals surface area contributed by atoms with Gasteiger partial charge in [0.05, 0.1) is 5.69 Å². The molecule has 2 N–H and O–H groups in total. The Morgan fingerprint density at radius 1 is 1.20 bits per heavy atom. The number of benzene rings is 1. The van der Waals surface area contributed by atoms with Crippen LogP contribution in [-0.4, -0.2) is 17.4 Å². The van der Waals surface area contributed by atoms with Crippen LogP contribution >= 0.6 is 0 Å². The van der Waals surface area contributed by atoms with Gasteiger partial charge in [0.25, 0.3) is 0 Å². The summed E-state index contributed by atoms with van der Waals surface area (Å²) in [6, 6.07) is 6.27. The third kappa shape index (κ3) is 1.39. The molecule has 0 unspecified atom stereocenters. The first-order valence-electron chi connectivity index (χ1n) is 2.92. The Kier molecular flexibility index (Phi) is 1.78. The Morgan fingerprint density at radius 2 is 1.70 bits per heavy atom. The van der Waals surface area contributed by atoms with Crippen molar-refractivity contribution in [3.05, 3.63) is 24.3 Å². The third-order valence-electron chi connectivity index (χ3n) is 1.22. The Hall–Kier alpha value is -1.22. The lowest BCUT2D eigenvalue weighted by Gasteiger charge is -2.08. The predicted octanol–water partition coefficient (Wildman–Crippen LogP) is 1.22. The Morgan fingerprint density at radius 3 is 2.10 bits per heavy atom. The van der Waals surface area contributed by atoms with Gasteiger partial charge in [-0.15, -0.1) is 0 Å². The molecular formula is C7H9NO2. The average Bonchev–Trinajstić information content (AvgIpc) is 1.88.